The van der Waals surface area contributed by atoms with Crippen LogP contribution >= 0.6 is 0 Å². The molecule has 3 aromatic rings. The third-order valence-corrected chi connectivity index (χ3v) is 7.87. The molecular formula is C26H26N2O4S. The van der Waals surface area contributed by atoms with Crippen molar-refractivity contribution in [3.05, 3.63) is 102 Å². The zero-order chi connectivity index (χ0) is 23.4. The summed E-state index contributed by atoms with van der Waals surface area (Å²) in [5.74, 6) is -0.581. The Hall–Kier alpha value is -3.29. The van der Waals surface area contributed by atoms with Gasteiger partial charge in [-0.1, -0.05) is 72.8 Å². The number of ketones is 1. The predicted molar refractivity (Wildman–Crippen MR) is 127 cm³/mol. The number of carbonyl (C=O) groups is 2. The largest absolute Gasteiger partial charge is 0.339 e. The van der Waals surface area contributed by atoms with Crippen molar-refractivity contribution in [3.63, 3.8) is 0 Å². The first-order valence-electron chi connectivity index (χ1n) is 10.9. The number of carbonyl (C=O) groups excluding carboxylic acids is 2. The van der Waals surface area contributed by atoms with Gasteiger partial charge in [0.2, 0.25) is 15.9 Å². The molecular weight excluding hydrogens is 436 g/mol. The summed E-state index contributed by atoms with van der Waals surface area (Å²) < 4.78 is 27.5. The van der Waals surface area contributed by atoms with E-state index in [1.54, 1.807) is 4.90 Å². The van der Waals surface area contributed by atoms with Crippen LogP contribution in [0.25, 0.3) is 0 Å². The fourth-order valence-corrected chi connectivity index (χ4v) is 5.53. The molecule has 7 heteroatoms. The van der Waals surface area contributed by atoms with E-state index in [0.717, 1.165) is 11.1 Å². The third-order valence-electron chi connectivity index (χ3n) is 5.96. The maximum absolute atomic E-state index is 13.6. The lowest BCUT2D eigenvalue weighted by atomic mass is 9.90. The number of hydrogen-bond donors (Lipinski definition) is 0. The first-order chi connectivity index (χ1) is 15.9. The van der Waals surface area contributed by atoms with E-state index in [4.69, 9.17) is 0 Å². The fourth-order valence-electron chi connectivity index (χ4n) is 4.11. The summed E-state index contributed by atoms with van der Waals surface area (Å²) in [6, 6.07) is 25.3. The molecule has 0 bridgehead atoms. The third kappa shape index (κ3) is 4.89. The molecule has 0 N–H and O–H groups in total. The molecule has 1 saturated heterocycles. The van der Waals surface area contributed by atoms with Crippen LogP contribution in [0.15, 0.2) is 89.8 Å². The lowest BCUT2D eigenvalue weighted by molar-refractivity contribution is -0.133. The highest BCUT2D eigenvalue weighted by atomic mass is 32.2. The first kappa shape index (κ1) is 22.9. The van der Waals surface area contributed by atoms with Crippen molar-refractivity contribution >= 4 is 21.7 Å². The molecule has 6 nitrogen and oxygen atoms in total. The fraction of sp³-hybridized carbons (Fsp3) is 0.231. The van der Waals surface area contributed by atoms with E-state index in [0.29, 0.717) is 18.7 Å². The van der Waals surface area contributed by atoms with Crippen molar-refractivity contribution in [2.75, 3.05) is 26.2 Å². The number of hydrogen-bond acceptors (Lipinski definition) is 4. The van der Waals surface area contributed by atoms with Crippen molar-refractivity contribution in [1.29, 1.82) is 0 Å². The summed E-state index contributed by atoms with van der Waals surface area (Å²) in [7, 11) is -3.69. The van der Waals surface area contributed by atoms with Crippen LogP contribution in [0, 0.1) is 0 Å². The molecule has 170 valence electrons. The van der Waals surface area contributed by atoms with Crippen molar-refractivity contribution in [3.8, 4) is 0 Å². The van der Waals surface area contributed by atoms with Gasteiger partial charge < -0.3 is 4.90 Å². The van der Waals surface area contributed by atoms with Gasteiger partial charge in [-0.15, -0.1) is 0 Å². The van der Waals surface area contributed by atoms with Gasteiger partial charge in [-0.05, 0) is 30.2 Å². The monoisotopic (exact) mass is 462 g/mol. The quantitative estimate of drug-likeness (QED) is 0.525. The van der Waals surface area contributed by atoms with Crippen LogP contribution in [0.2, 0.25) is 0 Å². The van der Waals surface area contributed by atoms with Crippen LogP contribution in [-0.2, 0) is 14.8 Å². The summed E-state index contributed by atoms with van der Waals surface area (Å²) in [5, 5.41) is 0. The number of piperazine rings is 1. The van der Waals surface area contributed by atoms with Gasteiger partial charge in [0.05, 0.1) is 10.8 Å². The van der Waals surface area contributed by atoms with E-state index in [1.807, 2.05) is 60.7 Å². The minimum atomic E-state index is -3.69. The Balaban J connectivity index is 1.50. The number of rotatable bonds is 6. The highest BCUT2D eigenvalue weighted by molar-refractivity contribution is 7.89. The molecule has 0 unspecified atom stereocenters. The molecule has 4 rings (SSSR count). The van der Waals surface area contributed by atoms with E-state index in [9.17, 15) is 18.0 Å². The second-order valence-electron chi connectivity index (χ2n) is 8.06. The Kier molecular flexibility index (Phi) is 6.72. The summed E-state index contributed by atoms with van der Waals surface area (Å²) in [5.41, 5.74) is 2.29. The summed E-state index contributed by atoms with van der Waals surface area (Å²) in [6.07, 6.45) is 0. The number of Topliss-reactive ketones (excluding diaryl/α,β-unsaturated/α-hetero) is 1. The van der Waals surface area contributed by atoms with Crippen LogP contribution < -0.4 is 0 Å². The maximum Gasteiger partial charge on any atom is 0.243 e. The van der Waals surface area contributed by atoms with Crippen molar-refractivity contribution in [1.82, 2.24) is 9.21 Å². The molecule has 0 atom stereocenters. The van der Waals surface area contributed by atoms with Gasteiger partial charge in [-0.25, -0.2) is 8.42 Å². The van der Waals surface area contributed by atoms with E-state index < -0.39 is 15.9 Å². The van der Waals surface area contributed by atoms with Crippen LogP contribution in [0.4, 0.5) is 0 Å². The Labute approximate surface area is 194 Å². The van der Waals surface area contributed by atoms with Gasteiger partial charge in [0.25, 0.3) is 0 Å². The average molecular weight is 463 g/mol. The Bertz CT molecular complexity index is 1180. The van der Waals surface area contributed by atoms with Gasteiger partial charge in [0.15, 0.2) is 5.78 Å². The molecule has 1 heterocycles. The van der Waals surface area contributed by atoms with E-state index in [2.05, 4.69) is 0 Å². The van der Waals surface area contributed by atoms with Gasteiger partial charge >= 0.3 is 0 Å². The van der Waals surface area contributed by atoms with Gasteiger partial charge in [0, 0.05) is 31.7 Å². The number of nitrogens with zero attached hydrogens (tertiary/aromatic N) is 2. The molecule has 1 amide bonds. The van der Waals surface area contributed by atoms with Crippen LogP contribution in [0.3, 0.4) is 0 Å². The van der Waals surface area contributed by atoms with Crippen LogP contribution in [0.1, 0.15) is 34.3 Å². The number of benzene rings is 3. The molecule has 0 spiro atoms. The molecule has 33 heavy (non-hydrogen) atoms. The molecule has 0 aromatic heterocycles. The topological polar surface area (TPSA) is 74.8 Å². The summed E-state index contributed by atoms with van der Waals surface area (Å²) >= 11 is 0. The predicted octanol–water partition coefficient (Wildman–Crippen LogP) is 3.55. The van der Waals surface area contributed by atoms with E-state index in [-0.39, 0.29) is 29.7 Å². The second-order valence-corrected chi connectivity index (χ2v) is 10.0. The zero-order valence-corrected chi connectivity index (χ0v) is 19.2. The van der Waals surface area contributed by atoms with E-state index in [1.165, 1.54) is 35.5 Å². The average Bonchev–Trinajstić information content (AvgIpc) is 2.85. The smallest absolute Gasteiger partial charge is 0.243 e. The number of amides is 1. The first-order valence-corrected chi connectivity index (χ1v) is 12.3. The van der Waals surface area contributed by atoms with Crippen LogP contribution in [0.5, 0.6) is 0 Å². The Morgan fingerprint density at radius 2 is 1.21 bits per heavy atom. The minimum Gasteiger partial charge on any atom is -0.339 e. The van der Waals surface area contributed by atoms with Gasteiger partial charge in [-0.3, -0.25) is 9.59 Å². The molecule has 1 aliphatic heterocycles. The molecule has 0 aliphatic carbocycles. The normalized spacial score (nSPS) is 14.9. The SMILES string of the molecule is CC(=O)c1ccc(S(=O)(=O)N2CCN(C(=O)C(c3ccccc3)c3ccccc3)CC2)cc1. The summed E-state index contributed by atoms with van der Waals surface area (Å²) in [6.45, 7) is 2.52. The second kappa shape index (κ2) is 9.68. The highest BCUT2D eigenvalue weighted by Gasteiger charge is 2.33. The Morgan fingerprint density at radius 3 is 1.67 bits per heavy atom. The van der Waals surface area contributed by atoms with E-state index >= 15 is 0 Å². The van der Waals surface area contributed by atoms with Crippen molar-refractivity contribution < 1.29 is 18.0 Å². The lowest BCUT2D eigenvalue weighted by Crippen LogP contribution is -2.51. The molecule has 0 saturated carbocycles. The Morgan fingerprint density at radius 1 is 0.727 bits per heavy atom. The molecule has 3 aromatic carbocycles. The molecule has 0 radical (unpaired) electrons. The number of sulfonamides is 1. The zero-order valence-electron chi connectivity index (χ0n) is 18.4. The van der Waals surface area contributed by atoms with Crippen molar-refractivity contribution in [2.24, 2.45) is 0 Å². The standard InChI is InChI=1S/C26H26N2O4S/c1-20(29)21-12-14-24(15-13-21)33(31,32)28-18-16-27(17-19-28)26(30)25(22-8-4-2-5-9-22)23-10-6-3-7-11-23/h2-15,25H,16-19H2,1H3. The molecule has 1 aliphatic rings. The molecule has 1 fully saturated rings. The minimum absolute atomic E-state index is 0.0322. The van der Waals surface area contributed by atoms with Gasteiger partial charge in [0.1, 0.15) is 0 Å². The highest BCUT2D eigenvalue weighted by Crippen LogP contribution is 2.28. The van der Waals surface area contributed by atoms with Crippen LogP contribution in [-0.4, -0.2) is 55.5 Å². The lowest BCUT2D eigenvalue weighted by Gasteiger charge is -2.36. The summed E-state index contributed by atoms with van der Waals surface area (Å²) in [4.78, 5) is 26.9. The maximum atomic E-state index is 13.6. The van der Waals surface area contributed by atoms with Gasteiger partial charge in [-0.2, -0.15) is 4.31 Å². The van der Waals surface area contributed by atoms with Crippen molar-refractivity contribution in [2.45, 2.75) is 17.7 Å².